The maximum absolute atomic E-state index is 13.7. The first-order valence-corrected chi connectivity index (χ1v) is 7.71. The minimum Gasteiger partial charge on any atom is -0.346 e. The number of carbonyl (C=O) groups excluding carboxylic acids is 1. The summed E-state index contributed by atoms with van der Waals surface area (Å²) >= 11 is 5.91. The number of nitrogens with zero attached hydrogens (tertiary/aromatic N) is 2. The zero-order chi connectivity index (χ0) is 15.7. The molecule has 1 heterocycles. The Kier molecular flexibility index (Phi) is 4.16. The number of aryl methyl sites for hydroxylation is 1. The summed E-state index contributed by atoms with van der Waals surface area (Å²) in [6, 6.07) is 4.20. The van der Waals surface area contributed by atoms with Crippen LogP contribution in [0.1, 0.15) is 40.2 Å². The molecule has 2 aromatic rings. The highest BCUT2D eigenvalue weighted by Crippen LogP contribution is 2.24. The van der Waals surface area contributed by atoms with Crippen LogP contribution in [0.5, 0.6) is 0 Å². The quantitative estimate of drug-likeness (QED) is 0.944. The number of rotatable bonds is 3. The fourth-order valence-electron chi connectivity index (χ4n) is 2.97. The van der Waals surface area contributed by atoms with Gasteiger partial charge in [0.15, 0.2) is 0 Å². The lowest BCUT2D eigenvalue weighted by Crippen LogP contribution is -2.25. The van der Waals surface area contributed by atoms with Crippen LogP contribution >= 0.6 is 11.6 Å². The van der Waals surface area contributed by atoms with Crippen molar-refractivity contribution in [3.8, 4) is 0 Å². The first-order valence-electron chi connectivity index (χ1n) is 7.33. The number of aromatic nitrogens is 2. The molecule has 4 nitrogen and oxygen atoms in total. The van der Waals surface area contributed by atoms with Crippen LogP contribution in [0, 0.1) is 5.82 Å². The Morgan fingerprint density at radius 2 is 2.18 bits per heavy atom. The van der Waals surface area contributed by atoms with E-state index in [1.165, 1.54) is 35.9 Å². The van der Waals surface area contributed by atoms with Gasteiger partial charge in [0.1, 0.15) is 5.82 Å². The van der Waals surface area contributed by atoms with Crippen LogP contribution < -0.4 is 5.32 Å². The molecule has 116 valence electrons. The van der Waals surface area contributed by atoms with Crippen LogP contribution in [0.15, 0.2) is 18.2 Å². The van der Waals surface area contributed by atoms with Gasteiger partial charge in [-0.05, 0) is 43.4 Å². The van der Waals surface area contributed by atoms with Gasteiger partial charge >= 0.3 is 0 Å². The normalized spacial score (nSPS) is 13.8. The molecule has 0 saturated carbocycles. The third-order valence-electron chi connectivity index (χ3n) is 4.05. The minimum absolute atomic E-state index is 0.112. The number of fused-ring (bicyclic) bond motifs is 1. The summed E-state index contributed by atoms with van der Waals surface area (Å²) in [4.78, 5) is 12.2. The second-order valence-corrected chi connectivity index (χ2v) is 5.89. The molecule has 0 saturated heterocycles. The molecule has 0 unspecified atom stereocenters. The average molecular weight is 322 g/mol. The second kappa shape index (κ2) is 6.08. The summed E-state index contributed by atoms with van der Waals surface area (Å²) in [5, 5.41) is 7.31. The molecule has 1 aromatic carbocycles. The van der Waals surface area contributed by atoms with Crippen LogP contribution in [0.25, 0.3) is 0 Å². The van der Waals surface area contributed by atoms with Gasteiger partial charge in [0.25, 0.3) is 5.91 Å². The van der Waals surface area contributed by atoms with Crippen molar-refractivity contribution in [1.29, 1.82) is 0 Å². The van der Waals surface area contributed by atoms with Gasteiger partial charge < -0.3 is 5.32 Å². The Morgan fingerprint density at radius 3 is 2.95 bits per heavy atom. The summed E-state index contributed by atoms with van der Waals surface area (Å²) in [5.41, 5.74) is 3.19. The highest BCUT2D eigenvalue weighted by molar-refractivity contribution is 6.33. The number of nitrogens with one attached hydrogen (secondary N) is 1. The van der Waals surface area contributed by atoms with Gasteiger partial charge in [0.2, 0.25) is 0 Å². The number of benzene rings is 1. The number of hydrogen-bond donors (Lipinski definition) is 1. The lowest BCUT2D eigenvalue weighted by molar-refractivity contribution is 0.0946. The Labute approximate surface area is 133 Å². The molecular weight excluding hydrogens is 305 g/mol. The standard InChI is InChI=1S/C16H17ClFN3O/c1-21-14-8-3-2-5-10(14)13(20-21)9-19-16(22)15-11(17)6-4-7-12(15)18/h4,6-7H,2-3,5,8-9H2,1H3,(H,19,22). The van der Waals surface area contributed by atoms with Gasteiger partial charge in [-0.15, -0.1) is 0 Å². The zero-order valence-electron chi connectivity index (χ0n) is 12.3. The predicted molar refractivity (Wildman–Crippen MR) is 82.4 cm³/mol. The summed E-state index contributed by atoms with van der Waals surface area (Å²) in [6.07, 6.45) is 4.31. The summed E-state index contributed by atoms with van der Waals surface area (Å²) in [7, 11) is 1.92. The Bertz CT molecular complexity index is 706. The molecule has 0 spiro atoms. The summed E-state index contributed by atoms with van der Waals surface area (Å²) in [6.45, 7) is 0.284. The van der Waals surface area contributed by atoms with Gasteiger partial charge in [-0.25, -0.2) is 4.39 Å². The maximum atomic E-state index is 13.7. The van der Waals surface area contributed by atoms with E-state index in [0.717, 1.165) is 25.0 Å². The number of carbonyl (C=O) groups is 1. The summed E-state index contributed by atoms with van der Waals surface area (Å²) in [5.74, 6) is -1.13. The molecule has 1 amide bonds. The van der Waals surface area contributed by atoms with Gasteiger partial charge in [-0.3, -0.25) is 9.48 Å². The third-order valence-corrected chi connectivity index (χ3v) is 4.37. The first kappa shape index (κ1) is 15.0. The van der Waals surface area contributed by atoms with Crippen molar-refractivity contribution in [1.82, 2.24) is 15.1 Å². The molecule has 6 heteroatoms. The van der Waals surface area contributed by atoms with E-state index in [0.29, 0.717) is 0 Å². The molecule has 1 N–H and O–H groups in total. The third kappa shape index (κ3) is 2.73. The highest BCUT2D eigenvalue weighted by atomic mass is 35.5. The lowest BCUT2D eigenvalue weighted by atomic mass is 9.95. The first-order chi connectivity index (χ1) is 10.6. The second-order valence-electron chi connectivity index (χ2n) is 5.48. The van der Waals surface area contributed by atoms with Crippen LogP contribution in [0.2, 0.25) is 5.02 Å². The van der Waals surface area contributed by atoms with Crippen LogP contribution in [0.4, 0.5) is 4.39 Å². The number of halogens is 2. The predicted octanol–water partition coefficient (Wildman–Crippen LogP) is 3.02. The monoisotopic (exact) mass is 321 g/mol. The van der Waals surface area contributed by atoms with Crippen molar-refractivity contribution in [2.24, 2.45) is 7.05 Å². The molecule has 3 rings (SSSR count). The molecule has 1 aromatic heterocycles. The van der Waals surface area contributed by atoms with Crippen molar-refractivity contribution in [3.63, 3.8) is 0 Å². The van der Waals surface area contributed by atoms with E-state index in [2.05, 4.69) is 10.4 Å². The Hall–Kier alpha value is -1.88. The van der Waals surface area contributed by atoms with Gasteiger partial charge in [0.05, 0.1) is 22.8 Å². The van der Waals surface area contributed by atoms with E-state index in [9.17, 15) is 9.18 Å². The van der Waals surface area contributed by atoms with Crippen LogP contribution in [-0.4, -0.2) is 15.7 Å². The van der Waals surface area contributed by atoms with Crippen molar-refractivity contribution < 1.29 is 9.18 Å². The maximum Gasteiger partial charge on any atom is 0.256 e. The van der Waals surface area contributed by atoms with Crippen molar-refractivity contribution in [3.05, 3.63) is 51.6 Å². The fraction of sp³-hybridized carbons (Fsp3) is 0.375. The van der Waals surface area contributed by atoms with Crippen molar-refractivity contribution >= 4 is 17.5 Å². The number of hydrogen-bond acceptors (Lipinski definition) is 2. The molecular formula is C16H17ClFN3O. The molecule has 0 bridgehead atoms. The minimum atomic E-state index is -0.618. The van der Waals surface area contributed by atoms with Crippen LogP contribution in [-0.2, 0) is 26.4 Å². The molecule has 0 fully saturated rings. The van der Waals surface area contributed by atoms with E-state index in [4.69, 9.17) is 11.6 Å². The number of amides is 1. The highest BCUT2D eigenvalue weighted by Gasteiger charge is 2.21. The average Bonchev–Trinajstić information content (AvgIpc) is 2.82. The zero-order valence-corrected chi connectivity index (χ0v) is 13.1. The smallest absolute Gasteiger partial charge is 0.256 e. The molecule has 1 aliphatic rings. The van der Waals surface area contributed by atoms with E-state index < -0.39 is 11.7 Å². The van der Waals surface area contributed by atoms with E-state index in [-0.39, 0.29) is 17.1 Å². The Balaban J connectivity index is 1.77. The van der Waals surface area contributed by atoms with Crippen molar-refractivity contribution in [2.75, 3.05) is 0 Å². The van der Waals surface area contributed by atoms with E-state index in [1.807, 2.05) is 11.7 Å². The van der Waals surface area contributed by atoms with Gasteiger partial charge in [-0.1, -0.05) is 17.7 Å². The largest absolute Gasteiger partial charge is 0.346 e. The van der Waals surface area contributed by atoms with Gasteiger partial charge in [0, 0.05) is 12.7 Å². The lowest BCUT2D eigenvalue weighted by Gasteiger charge is -2.13. The van der Waals surface area contributed by atoms with E-state index >= 15 is 0 Å². The SMILES string of the molecule is Cn1nc(CNC(=O)c2c(F)cccc2Cl)c2c1CCCC2. The fourth-order valence-corrected chi connectivity index (χ4v) is 3.22. The molecule has 0 atom stereocenters. The van der Waals surface area contributed by atoms with Crippen molar-refractivity contribution in [2.45, 2.75) is 32.2 Å². The van der Waals surface area contributed by atoms with Gasteiger partial charge in [-0.2, -0.15) is 5.10 Å². The molecule has 1 aliphatic carbocycles. The molecule has 0 radical (unpaired) electrons. The summed E-state index contributed by atoms with van der Waals surface area (Å²) < 4.78 is 15.6. The Morgan fingerprint density at radius 1 is 1.41 bits per heavy atom. The van der Waals surface area contributed by atoms with Crippen LogP contribution in [0.3, 0.4) is 0 Å². The molecule has 0 aliphatic heterocycles. The van der Waals surface area contributed by atoms with E-state index in [1.54, 1.807) is 0 Å². The molecule has 22 heavy (non-hydrogen) atoms. The topological polar surface area (TPSA) is 46.9 Å².